The Labute approximate surface area is 84.3 Å². The van der Waals surface area contributed by atoms with Crippen molar-refractivity contribution in [3.8, 4) is 0 Å². The molecule has 0 heterocycles. The maximum Gasteiger partial charge on any atom is 0.241 e. The van der Waals surface area contributed by atoms with Crippen LogP contribution in [0.4, 0.5) is 0 Å². The second kappa shape index (κ2) is 6.25. The molecule has 2 heteroatoms. The van der Waals surface area contributed by atoms with Gasteiger partial charge in [0.05, 0.1) is 6.26 Å². The SMILES string of the molecule is CCCCC(C)/C=C/O[Si](C)(C)C. The number of rotatable bonds is 6. The predicted molar refractivity (Wildman–Crippen MR) is 62.3 cm³/mol. The van der Waals surface area contributed by atoms with Crippen LogP contribution < -0.4 is 0 Å². The summed E-state index contributed by atoms with van der Waals surface area (Å²) in [5.74, 6) is 0.663. The zero-order valence-electron chi connectivity index (χ0n) is 9.76. The lowest BCUT2D eigenvalue weighted by molar-refractivity contribution is 0.467. The Kier molecular flexibility index (Phi) is 6.13. The summed E-state index contributed by atoms with van der Waals surface area (Å²) in [6, 6.07) is 0. The number of hydrogen-bond acceptors (Lipinski definition) is 1. The molecule has 0 aliphatic heterocycles. The van der Waals surface area contributed by atoms with Crippen molar-refractivity contribution in [1.29, 1.82) is 0 Å². The molecule has 1 unspecified atom stereocenters. The molecule has 1 atom stereocenters. The lowest BCUT2D eigenvalue weighted by atomic mass is 10.1. The van der Waals surface area contributed by atoms with E-state index in [1.807, 2.05) is 6.26 Å². The van der Waals surface area contributed by atoms with Crippen molar-refractivity contribution in [3.63, 3.8) is 0 Å². The van der Waals surface area contributed by atoms with E-state index >= 15 is 0 Å². The van der Waals surface area contributed by atoms with Crippen LogP contribution in [0.5, 0.6) is 0 Å². The molecule has 0 fully saturated rings. The summed E-state index contributed by atoms with van der Waals surface area (Å²) in [5.41, 5.74) is 0. The number of hydrogen-bond donors (Lipinski definition) is 0. The molecule has 0 aromatic carbocycles. The standard InChI is InChI=1S/C11H24OSi/c1-6-7-8-11(2)9-10-12-13(3,4)5/h9-11H,6-8H2,1-5H3/b10-9+. The van der Waals surface area contributed by atoms with Crippen molar-refractivity contribution < 1.29 is 4.43 Å². The summed E-state index contributed by atoms with van der Waals surface area (Å²) in [4.78, 5) is 0. The van der Waals surface area contributed by atoms with E-state index in [9.17, 15) is 0 Å². The fourth-order valence-electron chi connectivity index (χ4n) is 1.000. The van der Waals surface area contributed by atoms with Crippen LogP contribution in [-0.4, -0.2) is 8.32 Å². The lowest BCUT2D eigenvalue weighted by Gasteiger charge is -2.15. The van der Waals surface area contributed by atoms with E-state index in [1.54, 1.807) is 0 Å². The van der Waals surface area contributed by atoms with Gasteiger partial charge in [0.25, 0.3) is 0 Å². The number of allylic oxidation sites excluding steroid dienone is 1. The van der Waals surface area contributed by atoms with Gasteiger partial charge in [-0.3, -0.25) is 0 Å². The van der Waals surface area contributed by atoms with Crippen molar-refractivity contribution in [2.45, 2.75) is 52.8 Å². The second-order valence-electron chi connectivity index (χ2n) is 4.68. The molecule has 0 N–H and O–H groups in total. The minimum atomic E-state index is -1.34. The summed E-state index contributed by atoms with van der Waals surface area (Å²) in [7, 11) is -1.34. The molecule has 78 valence electrons. The fourth-order valence-corrected chi connectivity index (χ4v) is 1.49. The first-order valence-electron chi connectivity index (χ1n) is 5.30. The normalized spacial score (nSPS) is 14.8. The molecule has 0 aromatic heterocycles. The minimum Gasteiger partial charge on any atom is -0.550 e. The summed E-state index contributed by atoms with van der Waals surface area (Å²) in [6.07, 6.45) is 7.98. The van der Waals surface area contributed by atoms with Crippen LogP contribution in [-0.2, 0) is 4.43 Å². The van der Waals surface area contributed by atoms with Gasteiger partial charge >= 0.3 is 0 Å². The van der Waals surface area contributed by atoms with E-state index in [0.717, 1.165) is 0 Å². The van der Waals surface area contributed by atoms with Gasteiger partial charge < -0.3 is 4.43 Å². The molecule has 0 saturated heterocycles. The molecule has 0 amide bonds. The van der Waals surface area contributed by atoms with E-state index in [0.29, 0.717) is 5.92 Å². The molecule has 0 radical (unpaired) electrons. The van der Waals surface area contributed by atoms with Gasteiger partial charge in [-0.15, -0.1) is 0 Å². The Morgan fingerprint density at radius 3 is 2.38 bits per heavy atom. The van der Waals surface area contributed by atoms with E-state index in [1.165, 1.54) is 19.3 Å². The Balaban J connectivity index is 3.59. The first-order chi connectivity index (χ1) is 5.95. The Hall–Kier alpha value is -0.243. The van der Waals surface area contributed by atoms with Gasteiger partial charge in [0.15, 0.2) is 0 Å². The average Bonchev–Trinajstić information content (AvgIpc) is 1.98. The Morgan fingerprint density at radius 1 is 1.31 bits per heavy atom. The third-order valence-electron chi connectivity index (χ3n) is 1.84. The highest BCUT2D eigenvalue weighted by atomic mass is 28.4. The maximum atomic E-state index is 5.64. The largest absolute Gasteiger partial charge is 0.550 e. The topological polar surface area (TPSA) is 9.23 Å². The van der Waals surface area contributed by atoms with Crippen LogP contribution in [0.2, 0.25) is 19.6 Å². The highest BCUT2D eigenvalue weighted by Gasteiger charge is 2.12. The summed E-state index contributed by atoms with van der Waals surface area (Å²) in [5, 5.41) is 0. The monoisotopic (exact) mass is 200 g/mol. The van der Waals surface area contributed by atoms with Crippen LogP contribution in [0.1, 0.15) is 33.1 Å². The van der Waals surface area contributed by atoms with Crippen LogP contribution in [0.15, 0.2) is 12.3 Å². The van der Waals surface area contributed by atoms with E-state index in [2.05, 4.69) is 39.6 Å². The second-order valence-corrected chi connectivity index (χ2v) is 9.14. The molecule has 13 heavy (non-hydrogen) atoms. The molecule has 0 aliphatic rings. The third-order valence-corrected chi connectivity index (χ3v) is 2.68. The first kappa shape index (κ1) is 12.8. The fraction of sp³-hybridized carbons (Fsp3) is 0.818. The average molecular weight is 200 g/mol. The van der Waals surface area contributed by atoms with Crippen LogP contribution in [0.25, 0.3) is 0 Å². The Morgan fingerprint density at radius 2 is 1.92 bits per heavy atom. The summed E-state index contributed by atoms with van der Waals surface area (Å²) in [6.45, 7) is 11.1. The Bertz CT molecular complexity index is 147. The van der Waals surface area contributed by atoms with Crippen molar-refractivity contribution in [2.24, 2.45) is 5.92 Å². The van der Waals surface area contributed by atoms with Crippen molar-refractivity contribution >= 4 is 8.32 Å². The number of unbranched alkanes of at least 4 members (excludes halogenated alkanes) is 1. The zero-order chi connectivity index (χ0) is 10.3. The van der Waals surface area contributed by atoms with Gasteiger partial charge in [-0.05, 0) is 38.1 Å². The first-order valence-corrected chi connectivity index (χ1v) is 8.71. The van der Waals surface area contributed by atoms with Crippen molar-refractivity contribution in [1.82, 2.24) is 0 Å². The van der Waals surface area contributed by atoms with Crippen LogP contribution in [0.3, 0.4) is 0 Å². The quantitative estimate of drug-likeness (QED) is 0.462. The molecule has 0 aliphatic carbocycles. The molecule has 0 spiro atoms. The lowest BCUT2D eigenvalue weighted by Crippen LogP contribution is -2.22. The van der Waals surface area contributed by atoms with Gasteiger partial charge in [-0.1, -0.05) is 26.7 Å². The van der Waals surface area contributed by atoms with Gasteiger partial charge in [-0.2, -0.15) is 0 Å². The van der Waals surface area contributed by atoms with Crippen molar-refractivity contribution in [2.75, 3.05) is 0 Å². The zero-order valence-corrected chi connectivity index (χ0v) is 10.8. The van der Waals surface area contributed by atoms with E-state index in [-0.39, 0.29) is 0 Å². The van der Waals surface area contributed by atoms with Gasteiger partial charge in [-0.25, -0.2) is 0 Å². The van der Waals surface area contributed by atoms with Gasteiger partial charge in [0.1, 0.15) is 0 Å². The smallest absolute Gasteiger partial charge is 0.241 e. The van der Waals surface area contributed by atoms with E-state index in [4.69, 9.17) is 4.43 Å². The predicted octanol–water partition coefficient (Wildman–Crippen LogP) is 4.18. The molecule has 0 bridgehead atoms. The van der Waals surface area contributed by atoms with Crippen LogP contribution in [0, 0.1) is 5.92 Å². The summed E-state index contributed by atoms with van der Waals surface area (Å²) < 4.78 is 5.64. The molecule has 1 nitrogen and oxygen atoms in total. The molecular formula is C11H24OSi. The molecule has 0 saturated carbocycles. The molecular weight excluding hydrogens is 176 g/mol. The highest BCUT2D eigenvalue weighted by molar-refractivity contribution is 6.69. The van der Waals surface area contributed by atoms with E-state index < -0.39 is 8.32 Å². The van der Waals surface area contributed by atoms with Gasteiger partial charge in [0, 0.05) is 0 Å². The summed E-state index contributed by atoms with van der Waals surface area (Å²) >= 11 is 0. The van der Waals surface area contributed by atoms with Crippen molar-refractivity contribution in [3.05, 3.63) is 12.3 Å². The molecule has 0 aromatic rings. The minimum absolute atomic E-state index is 0.663. The maximum absolute atomic E-state index is 5.64. The molecule has 0 rings (SSSR count). The highest BCUT2D eigenvalue weighted by Crippen LogP contribution is 2.10. The third kappa shape index (κ3) is 9.67. The van der Waals surface area contributed by atoms with Crippen LogP contribution >= 0.6 is 0 Å². The van der Waals surface area contributed by atoms with Gasteiger partial charge in [0.2, 0.25) is 8.32 Å².